The zero-order valence-corrected chi connectivity index (χ0v) is 11.8. The summed E-state index contributed by atoms with van der Waals surface area (Å²) in [7, 11) is 0. The SMILES string of the molecule is CCn1nnc(C#N)c1-c1ccc(C(C)(C)C)cc1. The molecule has 0 saturated carbocycles. The molecule has 0 aliphatic carbocycles. The monoisotopic (exact) mass is 254 g/mol. The van der Waals surface area contributed by atoms with E-state index in [1.54, 1.807) is 4.68 Å². The summed E-state index contributed by atoms with van der Waals surface area (Å²) < 4.78 is 1.75. The average Bonchev–Trinajstić information content (AvgIpc) is 2.80. The molecule has 19 heavy (non-hydrogen) atoms. The molecular weight excluding hydrogens is 236 g/mol. The van der Waals surface area contributed by atoms with E-state index in [1.807, 2.05) is 19.1 Å². The fraction of sp³-hybridized carbons (Fsp3) is 0.400. The van der Waals surface area contributed by atoms with Gasteiger partial charge in [0.1, 0.15) is 11.8 Å². The van der Waals surface area contributed by atoms with Gasteiger partial charge >= 0.3 is 0 Å². The molecule has 1 aromatic carbocycles. The van der Waals surface area contributed by atoms with Gasteiger partial charge in [0.05, 0.1) is 0 Å². The third-order valence-electron chi connectivity index (χ3n) is 3.16. The number of aromatic nitrogens is 3. The van der Waals surface area contributed by atoms with E-state index in [0.717, 1.165) is 11.3 Å². The van der Waals surface area contributed by atoms with Crippen molar-refractivity contribution < 1.29 is 0 Å². The van der Waals surface area contributed by atoms with Crippen LogP contribution in [0, 0.1) is 11.3 Å². The van der Waals surface area contributed by atoms with Crippen LogP contribution < -0.4 is 0 Å². The quantitative estimate of drug-likeness (QED) is 0.827. The van der Waals surface area contributed by atoms with Crippen molar-refractivity contribution in [2.45, 2.75) is 39.7 Å². The standard InChI is InChI=1S/C15H18N4/c1-5-19-14(13(10-16)17-18-19)11-6-8-12(9-7-11)15(2,3)4/h6-9H,5H2,1-4H3. The molecular formula is C15H18N4. The minimum Gasteiger partial charge on any atom is -0.244 e. The summed E-state index contributed by atoms with van der Waals surface area (Å²) in [6.45, 7) is 9.23. The Balaban J connectivity index is 2.49. The third kappa shape index (κ3) is 2.50. The van der Waals surface area contributed by atoms with Crippen molar-refractivity contribution in [2.24, 2.45) is 0 Å². The van der Waals surface area contributed by atoms with Gasteiger partial charge in [-0.1, -0.05) is 50.3 Å². The Hall–Kier alpha value is -2.15. The van der Waals surface area contributed by atoms with Gasteiger partial charge in [-0.15, -0.1) is 5.10 Å². The number of hydrogen-bond acceptors (Lipinski definition) is 3. The molecule has 4 heteroatoms. The van der Waals surface area contributed by atoms with Crippen LogP contribution in [0.5, 0.6) is 0 Å². The Kier molecular flexibility index (Phi) is 3.39. The second-order valence-electron chi connectivity index (χ2n) is 5.54. The maximum atomic E-state index is 9.11. The molecule has 1 aromatic heterocycles. The topological polar surface area (TPSA) is 54.5 Å². The molecule has 0 aliphatic rings. The van der Waals surface area contributed by atoms with Gasteiger partial charge in [-0.3, -0.25) is 0 Å². The van der Waals surface area contributed by atoms with Gasteiger partial charge in [0.25, 0.3) is 0 Å². The molecule has 0 atom stereocenters. The number of benzene rings is 1. The van der Waals surface area contributed by atoms with Gasteiger partial charge in [-0.25, -0.2) is 4.68 Å². The van der Waals surface area contributed by atoms with Crippen LogP contribution in [0.3, 0.4) is 0 Å². The minimum absolute atomic E-state index is 0.125. The first-order chi connectivity index (χ1) is 8.97. The summed E-state index contributed by atoms with van der Waals surface area (Å²) in [5.74, 6) is 0. The zero-order valence-electron chi connectivity index (χ0n) is 11.8. The Morgan fingerprint density at radius 2 is 1.84 bits per heavy atom. The van der Waals surface area contributed by atoms with Gasteiger partial charge in [0.2, 0.25) is 0 Å². The lowest BCUT2D eigenvalue weighted by atomic mass is 9.86. The van der Waals surface area contributed by atoms with Crippen molar-refractivity contribution in [3.05, 3.63) is 35.5 Å². The molecule has 0 bridgehead atoms. The predicted molar refractivity (Wildman–Crippen MR) is 74.5 cm³/mol. The third-order valence-corrected chi connectivity index (χ3v) is 3.16. The lowest BCUT2D eigenvalue weighted by Crippen LogP contribution is -2.10. The number of rotatable bonds is 2. The summed E-state index contributed by atoms with van der Waals surface area (Å²) in [4.78, 5) is 0. The van der Waals surface area contributed by atoms with E-state index in [2.05, 4.69) is 49.3 Å². The highest BCUT2D eigenvalue weighted by Crippen LogP contribution is 2.27. The highest BCUT2D eigenvalue weighted by molar-refractivity contribution is 5.65. The molecule has 0 amide bonds. The van der Waals surface area contributed by atoms with Crippen LogP contribution >= 0.6 is 0 Å². The second-order valence-corrected chi connectivity index (χ2v) is 5.54. The van der Waals surface area contributed by atoms with Crippen LogP contribution in [-0.4, -0.2) is 15.0 Å². The van der Waals surface area contributed by atoms with Gasteiger partial charge in [-0.2, -0.15) is 5.26 Å². The van der Waals surface area contributed by atoms with Crippen LogP contribution in [0.15, 0.2) is 24.3 Å². The largest absolute Gasteiger partial charge is 0.244 e. The molecule has 4 nitrogen and oxygen atoms in total. The lowest BCUT2D eigenvalue weighted by Gasteiger charge is -2.19. The normalized spacial score (nSPS) is 11.3. The van der Waals surface area contributed by atoms with Crippen molar-refractivity contribution in [3.8, 4) is 17.3 Å². The molecule has 1 heterocycles. The van der Waals surface area contributed by atoms with Crippen LogP contribution in [0.25, 0.3) is 11.3 Å². The van der Waals surface area contributed by atoms with E-state index < -0.39 is 0 Å². The molecule has 0 radical (unpaired) electrons. The van der Waals surface area contributed by atoms with E-state index in [0.29, 0.717) is 12.2 Å². The molecule has 0 fully saturated rings. The van der Waals surface area contributed by atoms with Gasteiger partial charge in [0.15, 0.2) is 5.69 Å². The minimum atomic E-state index is 0.125. The number of nitrogens with zero attached hydrogens (tertiary/aromatic N) is 4. The Morgan fingerprint density at radius 1 is 1.21 bits per heavy atom. The van der Waals surface area contributed by atoms with E-state index in [4.69, 9.17) is 5.26 Å². The maximum absolute atomic E-state index is 9.11. The van der Waals surface area contributed by atoms with Crippen LogP contribution in [0.4, 0.5) is 0 Å². The number of aryl methyl sites for hydroxylation is 1. The zero-order chi connectivity index (χ0) is 14.0. The Morgan fingerprint density at radius 3 is 2.32 bits per heavy atom. The first-order valence-electron chi connectivity index (χ1n) is 6.42. The molecule has 2 rings (SSSR count). The fourth-order valence-electron chi connectivity index (χ4n) is 2.02. The van der Waals surface area contributed by atoms with Gasteiger partial charge in [-0.05, 0) is 17.9 Å². The molecule has 0 spiro atoms. The summed E-state index contributed by atoms with van der Waals surface area (Å²) in [6.07, 6.45) is 0. The predicted octanol–water partition coefficient (Wildman–Crippen LogP) is 3.13. The molecule has 0 saturated heterocycles. The molecule has 0 unspecified atom stereocenters. The van der Waals surface area contributed by atoms with Crippen molar-refractivity contribution in [2.75, 3.05) is 0 Å². The van der Waals surface area contributed by atoms with E-state index in [1.165, 1.54) is 5.56 Å². The molecule has 0 N–H and O–H groups in total. The fourth-order valence-corrected chi connectivity index (χ4v) is 2.02. The highest BCUT2D eigenvalue weighted by atomic mass is 15.4. The average molecular weight is 254 g/mol. The van der Waals surface area contributed by atoms with E-state index in [-0.39, 0.29) is 5.41 Å². The molecule has 98 valence electrons. The Labute approximate surface area is 113 Å². The summed E-state index contributed by atoms with van der Waals surface area (Å²) in [6, 6.07) is 10.4. The van der Waals surface area contributed by atoms with Crippen molar-refractivity contribution in [1.82, 2.24) is 15.0 Å². The smallest absolute Gasteiger partial charge is 0.190 e. The van der Waals surface area contributed by atoms with Crippen molar-refractivity contribution in [1.29, 1.82) is 5.26 Å². The number of nitriles is 1. The number of hydrogen-bond donors (Lipinski definition) is 0. The van der Waals surface area contributed by atoms with Crippen LogP contribution in [0.1, 0.15) is 39.0 Å². The van der Waals surface area contributed by atoms with Gasteiger partial charge in [0, 0.05) is 12.1 Å². The summed E-state index contributed by atoms with van der Waals surface area (Å²) in [5.41, 5.74) is 3.55. The summed E-state index contributed by atoms with van der Waals surface area (Å²) >= 11 is 0. The molecule has 2 aromatic rings. The first-order valence-corrected chi connectivity index (χ1v) is 6.42. The van der Waals surface area contributed by atoms with Crippen molar-refractivity contribution in [3.63, 3.8) is 0 Å². The van der Waals surface area contributed by atoms with E-state index >= 15 is 0 Å². The van der Waals surface area contributed by atoms with Crippen molar-refractivity contribution >= 4 is 0 Å². The Bertz CT molecular complexity index is 609. The summed E-state index contributed by atoms with van der Waals surface area (Å²) in [5, 5.41) is 17.0. The van der Waals surface area contributed by atoms with Crippen LogP contribution in [0.2, 0.25) is 0 Å². The molecule has 0 aliphatic heterocycles. The maximum Gasteiger partial charge on any atom is 0.190 e. The second kappa shape index (κ2) is 4.85. The highest BCUT2D eigenvalue weighted by Gasteiger charge is 2.16. The van der Waals surface area contributed by atoms with Crippen LogP contribution in [-0.2, 0) is 12.0 Å². The lowest BCUT2D eigenvalue weighted by molar-refractivity contribution is 0.590. The van der Waals surface area contributed by atoms with Gasteiger partial charge < -0.3 is 0 Å². The van der Waals surface area contributed by atoms with E-state index in [9.17, 15) is 0 Å². The first kappa shape index (κ1) is 13.3.